The molecular weight excluding hydrogens is 264 g/mol. The Kier molecular flexibility index (Phi) is 3.63. The number of aryl methyl sites for hydroxylation is 1. The molecule has 3 heteroatoms. The van der Waals surface area contributed by atoms with E-state index in [2.05, 4.69) is 39.9 Å². The first-order chi connectivity index (χ1) is 7.72. The number of hydrogen-bond donors (Lipinski definition) is 0. The van der Waals surface area contributed by atoms with Gasteiger partial charge in [0.1, 0.15) is 6.04 Å². The molecule has 84 valence electrons. The maximum atomic E-state index is 9.30. The molecule has 0 bridgehead atoms. The zero-order chi connectivity index (χ0) is 11.5. The van der Waals surface area contributed by atoms with Gasteiger partial charge in [-0.2, -0.15) is 5.26 Å². The van der Waals surface area contributed by atoms with Gasteiger partial charge in [-0.25, -0.2) is 0 Å². The minimum atomic E-state index is -0.0747. The van der Waals surface area contributed by atoms with Gasteiger partial charge in [0.2, 0.25) is 0 Å². The van der Waals surface area contributed by atoms with Crippen LogP contribution in [-0.2, 0) is 0 Å². The first-order valence-corrected chi connectivity index (χ1v) is 6.41. The van der Waals surface area contributed by atoms with Crippen molar-refractivity contribution in [2.45, 2.75) is 25.8 Å². The molecule has 0 radical (unpaired) electrons. The molecule has 0 saturated carbocycles. The molecule has 1 aromatic rings. The third-order valence-electron chi connectivity index (χ3n) is 3.13. The van der Waals surface area contributed by atoms with E-state index >= 15 is 0 Å². The zero-order valence-electron chi connectivity index (χ0n) is 9.41. The number of nitrogens with zero attached hydrogens (tertiary/aromatic N) is 2. The Hall–Kier alpha value is -0.850. The molecule has 0 aliphatic carbocycles. The topological polar surface area (TPSA) is 27.0 Å². The molecule has 1 saturated heterocycles. The highest BCUT2D eigenvalue weighted by molar-refractivity contribution is 9.10. The van der Waals surface area contributed by atoms with Gasteiger partial charge in [-0.3, -0.25) is 4.90 Å². The summed E-state index contributed by atoms with van der Waals surface area (Å²) in [6.45, 7) is 4.16. The van der Waals surface area contributed by atoms with Crippen molar-refractivity contribution in [3.8, 4) is 6.07 Å². The fourth-order valence-electron chi connectivity index (χ4n) is 2.20. The molecule has 1 unspecified atom stereocenters. The van der Waals surface area contributed by atoms with E-state index in [9.17, 15) is 5.26 Å². The van der Waals surface area contributed by atoms with Crippen LogP contribution in [0.25, 0.3) is 0 Å². The Morgan fingerprint density at radius 3 is 2.62 bits per heavy atom. The maximum Gasteiger partial charge on any atom is 0.123 e. The van der Waals surface area contributed by atoms with Crippen LogP contribution in [0.5, 0.6) is 0 Å². The maximum absolute atomic E-state index is 9.30. The number of hydrogen-bond acceptors (Lipinski definition) is 2. The van der Waals surface area contributed by atoms with Crippen LogP contribution < -0.4 is 0 Å². The van der Waals surface area contributed by atoms with E-state index in [0.717, 1.165) is 23.1 Å². The number of likely N-dealkylation sites (tertiary alicyclic amines) is 1. The van der Waals surface area contributed by atoms with E-state index in [1.807, 2.05) is 12.1 Å². The van der Waals surface area contributed by atoms with Gasteiger partial charge in [0, 0.05) is 4.47 Å². The Bertz CT molecular complexity index is 416. The summed E-state index contributed by atoms with van der Waals surface area (Å²) in [6, 6.07) is 8.53. The number of nitriles is 1. The smallest absolute Gasteiger partial charge is 0.123 e. The van der Waals surface area contributed by atoms with Crippen molar-refractivity contribution in [1.29, 1.82) is 5.26 Å². The SMILES string of the molecule is Cc1cc(C(C#N)N2CCCC2)ccc1Br. The molecule has 0 spiro atoms. The Morgan fingerprint density at radius 1 is 1.38 bits per heavy atom. The summed E-state index contributed by atoms with van der Waals surface area (Å²) in [5.74, 6) is 0. The van der Waals surface area contributed by atoms with Gasteiger partial charge in [-0.1, -0.05) is 28.1 Å². The van der Waals surface area contributed by atoms with Crippen LogP contribution in [0.1, 0.15) is 30.0 Å². The van der Waals surface area contributed by atoms with Gasteiger partial charge >= 0.3 is 0 Å². The first kappa shape index (κ1) is 11.6. The first-order valence-electron chi connectivity index (χ1n) is 5.62. The summed E-state index contributed by atoms with van der Waals surface area (Å²) in [5.41, 5.74) is 2.31. The van der Waals surface area contributed by atoms with E-state index < -0.39 is 0 Å². The van der Waals surface area contributed by atoms with Crippen molar-refractivity contribution in [1.82, 2.24) is 4.90 Å². The number of rotatable bonds is 2. The summed E-state index contributed by atoms with van der Waals surface area (Å²) < 4.78 is 1.11. The van der Waals surface area contributed by atoms with Gasteiger partial charge < -0.3 is 0 Å². The van der Waals surface area contributed by atoms with Gasteiger partial charge in [-0.05, 0) is 50.0 Å². The lowest BCUT2D eigenvalue weighted by molar-refractivity contribution is 0.294. The third kappa shape index (κ3) is 2.28. The average Bonchev–Trinajstić information content (AvgIpc) is 2.78. The predicted molar refractivity (Wildman–Crippen MR) is 68.0 cm³/mol. The lowest BCUT2D eigenvalue weighted by Gasteiger charge is -2.21. The van der Waals surface area contributed by atoms with Crippen LogP contribution >= 0.6 is 15.9 Å². The van der Waals surface area contributed by atoms with Crippen LogP contribution in [0.2, 0.25) is 0 Å². The fourth-order valence-corrected chi connectivity index (χ4v) is 2.45. The second-order valence-corrected chi connectivity index (χ2v) is 5.14. The molecule has 0 N–H and O–H groups in total. The van der Waals surface area contributed by atoms with Gasteiger partial charge in [0.05, 0.1) is 6.07 Å². The molecule has 2 rings (SSSR count). The highest BCUT2D eigenvalue weighted by Crippen LogP contribution is 2.27. The van der Waals surface area contributed by atoms with Crippen molar-refractivity contribution in [2.24, 2.45) is 0 Å². The van der Waals surface area contributed by atoms with E-state index in [1.165, 1.54) is 18.4 Å². The fraction of sp³-hybridized carbons (Fsp3) is 0.462. The predicted octanol–water partition coefficient (Wildman–Crippen LogP) is 3.42. The lowest BCUT2D eigenvalue weighted by Crippen LogP contribution is -2.24. The molecule has 16 heavy (non-hydrogen) atoms. The normalized spacial score (nSPS) is 18.3. The van der Waals surface area contributed by atoms with Gasteiger partial charge in [-0.15, -0.1) is 0 Å². The van der Waals surface area contributed by atoms with Gasteiger partial charge in [0.25, 0.3) is 0 Å². The standard InChI is InChI=1S/C13H15BrN2/c1-10-8-11(4-5-12(10)14)13(9-15)16-6-2-3-7-16/h4-5,8,13H,2-3,6-7H2,1H3. The summed E-state index contributed by atoms with van der Waals surface area (Å²) in [4.78, 5) is 2.27. The van der Waals surface area contributed by atoms with Crippen LogP contribution in [0.3, 0.4) is 0 Å². The highest BCUT2D eigenvalue weighted by atomic mass is 79.9. The van der Waals surface area contributed by atoms with E-state index in [4.69, 9.17) is 0 Å². The van der Waals surface area contributed by atoms with Crippen molar-refractivity contribution in [3.63, 3.8) is 0 Å². The van der Waals surface area contributed by atoms with Crippen LogP contribution in [-0.4, -0.2) is 18.0 Å². The Labute approximate surface area is 105 Å². The molecule has 1 aliphatic rings. The molecule has 1 atom stereocenters. The van der Waals surface area contributed by atoms with Crippen molar-refractivity contribution < 1.29 is 0 Å². The Balaban J connectivity index is 2.26. The molecular formula is C13H15BrN2. The Morgan fingerprint density at radius 2 is 2.06 bits per heavy atom. The largest absolute Gasteiger partial charge is 0.284 e. The molecule has 1 heterocycles. The zero-order valence-corrected chi connectivity index (χ0v) is 11.0. The number of benzene rings is 1. The second kappa shape index (κ2) is 4.99. The quantitative estimate of drug-likeness (QED) is 0.829. The highest BCUT2D eigenvalue weighted by Gasteiger charge is 2.23. The van der Waals surface area contributed by atoms with Gasteiger partial charge in [0.15, 0.2) is 0 Å². The average molecular weight is 279 g/mol. The summed E-state index contributed by atoms with van der Waals surface area (Å²) in [6.07, 6.45) is 2.43. The monoisotopic (exact) mass is 278 g/mol. The van der Waals surface area contributed by atoms with Crippen LogP contribution in [0, 0.1) is 18.3 Å². The molecule has 2 nitrogen and oxygen atoms in total. The van der Waals surface area contributed by atoms with Crippen molar-refractivity contribution in [2.75, 3.05) is 13.1 Å². The summed E-state index contributed by atoms with van der Waals surface area (Å²) in [7, 11) is 0. The van der Waals surface area contributed by atoms with Crippen molar-refractivity contribution >= 4 is 15.9 Å². The lowest BCUT2D eigenvalue weighted by atomic mass is 10.0. The minimum absolute atomic E-state index is 0.0747. The van der Waals surface area contributed by atoms with Crippen LogP contribution in [0.15, 0.2) is 22.7 Å². The molecule has 1 aromatic carbocycles. The van der Waals surface area contributed by atoms with E-state index in [-0.39, 0.29) is 6.04 Å². The molecule has 1 fully saturated rings. The summed E-state index contributed by atoms with van der Waals surface area (Å²) >= 11 is 3.49. The van der Waals surface area contributed by atoms with E-state index in [0.29, 0.717) is 0 Å². The third-order valence-corrected chi connectivity index (χ3v) is 4.02. The van der Waals surface area contributed by atoms with Crippen molar-refractivity contribution in [3.05, 3.63) is 33.8 Å². The number of halogens is 1. The molecule has 1 aliphatic heterocycles. The summed E-state index contributed by atoms with van der Waals surface area (Å²) in [5, 5.41) is 9.30. The second-order valence-electron chi connectivity index (χ2n) is 4.28. The van der Waals surface area contributed by atoms with E-state index in [1.54, 1.807) is 0 Å². The van der Waals surface area contributed by atoms with Crippen LogP contribution in [0.4, 0.5) is 0 Å². The molecule has 0 aromatic heterocycles. The molecule has 0 amide bonds. The minimum Gasteiger partial charge on any atom is -0.284 e.